The molecule has 145 heavy (non-hydrogen) atoms. The van der Waals surface area contributed by atoms with Crippen LogP contribution in [0.25, 0.3) is 0 Å². The number of likely N-dealkylation sites (tertiary alicyclic amines) is 2. The quantitative estimate of drug-likeness (QED) is 0.0125. The maximum atomic E-state index is 14.9. The summed E-state index contributed by atoms with van der Waals surface area (Å²) >= 11 is 9.28. The van der Waals surface area contributed by atoms with E-state index < -0.39 is 249 Å². The topological polar surface area (TPSA) is 810 Å². The van der Waals surface area contributed by atoms with Gasteiger partial charge in [0.2, 0.25) is 100 Å². The SMILES string of the molecule is CCCCCCCCCCCCCC(=O)NCC(=O)N[C@@H](CO)C(=O)N[C@@H](CO)C(=O)N[C@@H](CCCCN)C(=O)N[C@@H](CO)C(=O)N1CCC[C@H]1C(=O)N[C@@H](CO)C(=O)N[C@@H](CCCCN)C(=O)N[C@@H](CCCCN)C(=O)N[C@@H](CCCCN)C(=O)N[C@@H](CCCCN)C(=O)N[C@@H](CCCCN)C(=O)N[C@@H](CCCCN)C(=O)N1CCC[C@H]1C(=O)NCC(=O)N[C@@H](CC(=O)O)C(=O)N[C@@H](CS)C(=O)c1cc[nH]c(=S)c1. The van der Waals surface area contributed by atoms with Crippen LogP contribution in [-0.2, 0) is 86.3 Å². The van der Waals surface area contributed by atoms with Gasteiger partial charge in [-0.2, -0.15) is 12.6 Å². The van der Waals surface area contributed by atoms with E-state index in [4.69, 9.17) is 52.4 Å². The molecule has 2 aliphatic heterocycles. The number of H-pyrrole nitrogens is 1. The minimum absolute atomic E-state index is 0.00235. The summed E-state index contributed by atoms with van der Waals surface area (Å²) in [6.45, 7) is -2.28. The molecule has 49 nitrogen and oxygen atoms in total. The monoisotopic (exact) mass is 2090 g/mol. The molecule has 1 aromatic rings. The van der Waals surface area contributed by atoms with Gasteiger partial charge in [0, 0.05) is 37.0 Å². The van der Waals surface area contributed by atoms with E-state index in [0.717, 1.165) is 30.6 Å². The molecule has 15 atom stereocenters. The third-order valence-electron chi connectivity index (χ3n) is 24.8. The fourth-order valence-electron chi connectivity index (χ4n) is 16.5. The van der Waals surface area contributed by atoms with Crippen LogP contribution >= 0.6 is 24.8 Å². The summed E-state index contributed by atoms with van der Waals surface area (Å²) < 4.78 is 0.217. The van der Waals surface area contributed by atoms with Crippen LogP contribution in [0.1, 0.15) is 261 Å². The van der Waals surface area contributed by atoms with Crippen LogP contribution < -0.4 is 120 Å². The summed E-state index contributed by atoms with van der Waals surface area (Å²) in [7, 11) is 0. The molecule has 17 amide bonds. The van der Waals surface area contributed by atoms with Crippen molar-refractivity contribution >= 4 is 137 Å². The Balaban J connectivity index is 1.82. The van der Waals surface area contributed by atoms with Crippen molar-refractivity contribution in [2.75, 3.05) is 104 Å². The lowest BCUT2D eigenvalue weighted by Gasteiger charge is -2.30. The second-order valence-electron chi connectivity index (χ2n) is 36.4. The van der Waals surface area contributed by atoms with Crippen molar-refractivity contribution in [1.82, 2.24) is 94.5 Å². The number of hydrogen-bond donors (Lipinski definition) is 29. The molecule has 3 heterocycles. The van der Waals surface area contributed by atoms with Crippen LogP contribution in [0.5, 0.6) is 0 Å². The molecule has 0 saturated carbocycles. The molecule has 2 saturated heterocycles. The average molecular weight is 2090 g/mol. The summed E-state index contributed by atoms with van der Waals surface area (Å²) in [5, 5.41) is 89.0. The molecule has 35 N–H and O–H groups in total. The first-order chi connectivity index (χ1) is 69.6. The number of carboxylic acid groups (broad SMARTS) is 1. The summed E-state index contributed by atoms with van der Waals surface area (Å²) in [5.74, 6) is -17.9. The summed E-state index contributed by atoms with van der Waals surface area (Å²) in [5.41, 5.74) is 41.2. The molecule has 822 valence electrons. The number of Topliss-reactive ketones (excluding diaryl/α,β-unsaturated/α-hetero) is 1. The van der Waals surface area contributed by atoms with Gasteiger partial charge < -0.3 is 160 Å². The highest BCUT2D eigenvalue weighted by atomic mass is 32.1. The van der Waals surface area contributed by atoms with Crippen LogP contribution in [0.3, 0.4) is 0 Å². The number of amides is 17. The largest absolute Gasteiger partial charge is 0.481 e. The van der Waals surface area contributed by atoms with Gasteiger partial charge in [0.25, 0.3) is 0 Å². The van der Waals surface area contributed by atoms with E-state index in [2.05, 4.69) is 104 Å². The van der Waals surface area contributed by atoms with Gasteiger partial charge in [-0.05, 0) is 225 Å². The smallest absolute Gasteiger partial charge is 0.305 e. The summed E-state index contributed by atoms with van der Waals surface area (Å²) in [4.78, 5) is 270. The zero-order valence-electron chi connectivity index (χ0n) is 83.9. The number of rotatable bonds is 80. The van der Waals surface area contributed by atoms with E-state index in [-0.39, 0.29) is 184 Å². The molecule has 2 fully saturated rings. The van der Waals surface area contributed by atoms with Gasteiger partial charge in [-0.1, -0.05) is 83.3 Å². The molecule has 3 rings (SSSR count). The number of carbonyl (C=O) groups excluding carboxylic acids is 18. The van der Waals surface area contributed by atoms with Crippen LogP contribution in [-0.4, -0.2) is 347 Å². The fourth-order valence-corrected chi connectivity index (χ4v) is 16.9. The van der Waals surface area contributed by atoms with Gasteiger partial charge in [0.15, 0.2) is 5.78 Å². The third kappa shape index (κ3) is 49.6. The number of aliphatic carboxylic acids is 1. The zero-order chi connectivity index (χ0) is 108. The number of nitrogens with one attached hydrogen (secondary N) is 16. The third-order valence-corrected chi connectivity index (χ3v) is 25.4. The predicted octanol–water partition coefficient (Wildman–Crippen LogP) is -5.58. The number of pyridine rings is 1. The number of aromatic amines is 1. The Morgan fingerprint density at radius 2 is 0.655 bits per heavy atom. The highest BCUT2D eigenvalue weighted by Crippen LogP contribution is 2.24. The fraction of sp³-hybridized carbons (Fsp3) is 0.745. The van der Waals surface area contributed by atoms with Crippen molar-refractivity contribution in [2.45, 2.75) is 342 Å². The highest BCUT2D eigenvalue weighted by molar-refractivity contribution is 7.80. The van der Waals surface area contributed by atoms with E-state index >= 15 is 0 Å². The molecule has 0 unspecified atom stereocenters. The second kappa shape index (κ2) is 75.2. The normalized spacial score (nSPS) is 16.0. The lowest BCUT2D eigenvalue weighted by Crippen LogP contribution is -2.61. The van der Waals surface area contributed by atoms with E-state index in [9.17, 15) is 117 Å². The lowest BCUT2D eigenvalue weighted by molar-refractivity contribution is -0.143. The predicted molar refractivity (Wildman–Crippen MR) is 542 cm³/mol. The van der Waals surface area contributed by atoms with Crippen molar-refractivity contribution in [3.8, 4) is 0 Å². The zero-order valence-corrected chi connectivity index (χ0v) is 85.6. The summed E-state index contributed by atoms with van der Waals surface area (Å²) in [6, 6.07) is -19.9. The number of aliphatic hydroxyl groups excluding tert-OH is 4. The van der Waals surface area contributed by atoms with Crippen LogP contribution in [0.15, 0.2) is 18.3 Å². The number of unbranched alkanes of at least 4 members (excludes halogenated alkanes) is 17. The average Bonchev–Trinajstić information content (AvgIpc) is 1.71. The molecule has 2 aliphatic rings. The standard InChI is InChI=1S/C94H165N25O24S2/c1-2-3-4-5-6-7-8-9-10-11-12-38-75(124)103-52-76(125)106-68(54-120)88(137)114-69(55-121)89(138)112-65(34-18-25-45-100)86(135)116-71(57-123)94(143)119-49-28-37-74(119)92(141)115-70(56-122)90(139)111-63(32-16-23-43-98)84(133)109-61(30-14-21-41-96)82(131)107-60(29-13-20-40-95)81(130)108-62(31-15-22-42-97)83(132)110-64(33-17-24-44-99)85(134)113-66(35-19-26-46-101)93(142)118-48-27-36-73(118)91(140)104-53-77(126)105-67(51-79(127)128)87(136)117-72(58-144)80(129)59-39-47-102-78(145)50-59/h39,47,50,60-74,120-123,144H,2-38,40-46,48-49,51-58,95-101H2,1H3,(H,102,145)(H,103,124)(H,104,140)(H,105,126)(H,106,125)(H,107,131)(H,108,130)(H,109,133)(H,110,132)(H,111,139)(H,112,138)(H,113,134)(H,114,137)(H,115,141)(H,116,135)(H,117,136)(H,127,128)/t60-,61-,62-,63-,64-,65-,66-,67-,68-,69-,70-,71-,72-,73-,74-/m0/s1. The van der Waals surface area contributed by atoms with E-state index in [1.54, 1.807) is 0 Å². The van der Waals surface area contributed by atoms with Gasteiger partial charge in [-0.15, -0.1) is 0 Å². The Kier molecular flexibility index (Phi) is 66.6. The number of nitrogens with two attached hydrogens (primary N) is 7. The molecular formula is C94H165N25O24S2. The number of thiol groups is 1. The number of ketones is 1. The maximum absolute atomic E-state index is 14.9. The van der Waals surface area contributed by atoms with E-state index in [1.807, 2.05) is 0 Å². The number of hydrogen-bond acceptors (Lipinski definition) is 32. The molecule has 0 aliphatic carbocycles. The molecular weight excluding hydrogens is 1930 g/mol. The molecule has 0 radical (unpaired) electrons. The Bertz CT molecular complexity index is 4260. The highest BCUT2D eigenvalue weighted by Gasteiger charge is 2.44. The molecule has 0 spiro atoms. The number of carboxylic acids is 1. The van der Waals surface area contributed by atoms with Gasteiger partial charge in [-0.3, -0.25) is 91.1 Å². The molecule has 1 aromatic heterocycles. The van der Waals surface area contributed by atoms with Crippen LogP contribution in [0.4, 0.5) is 0 Å². The second-order valence-corrected chi connectivity index (χ2v) is 37.2. The van der Waals surface area contributed by atoms with E-state index in [0.29, 0.717) is 64.2 Å². The van der Waals surface area contributed by atoms with Crippen molar-refractivity contribution in [3.05, 3.63) is 28.5 Å². The van der Waals surface area contributed by atoms with Crippen LogP contribution in [0.2, 0.25) is 0 Å². The van der Waals surface area contributed by atoms with Crippen molar-refractivity contribution < 1.29 is 117 Å². The summed E-state index contributed by atoms with van der Waals surface area (Å²) in [6.07, 6.45) is 16.7. The van der Waals surface area contributed by atoms with Crippen LogP contribution in [0, 0.1) is 4.64 Å². The molecule has 0 aromatic carbocycles. The lowest BCUT2D eigenvalue weighted by atomic mass is 10.0. The Morgan fingerprint density at radius 3 is 1.01 bits per heavy atom. The van der Waals surface area contributed by atoms with Crippen molar-refractivity contribution in [3.63, 3.8) is 0 Å². The van der Waals surface area contributed by atoms with Gasteiger partial charge in [-0.25, -0.2) is 0 Å². The Morgan fingerprint density at radius 1 is 0.359 bits per heavy atom. The van der Waals surface area contributed by atoms with Gasteiger partial charge in [0.1, 0.15) is 95.3 Å². The molecule has 51 heteroatoms. The number of carbonyl (C=O) groups is 19. The van der Waals surface area contributed by atoms with Gasteiger partial charge in [0.05, 0.1) is 45.9 Å². The first kappa shape index (κ1) is 129. The number of nitrogens with zero attached hydrogens (tertiary/aromatic N) is 2. The Hall–Kier alpha value is -10.6. The maximum Gasteiger partial charge on any atom is 0.305 e. The number of aromatic nitrogens is 1. The van der Waals surface area contributed by atoms with Crippen molar-refractivity contribution in [1.29, 1.82) is 0 Å². The molecule has 0 bridgehead atoms. The van der Waals surface area contributed by atoms with Gasteiger partial charge >= 0.3 is 5.97 Å². The minimum Gasteiger partial charge on any atom is -0.481 e. The first-order valence-electron chi connectivity index (χ1n) is 51.1. The van der Waals surface area contributed by atoms with E-state index in [1.165, 1.54) is 61.8 Å². The first-order valence-corrected chi connectivity index (χ1v) is 52.2. The minimum atomic E-state index is -1.81. The van der Waals surface area contributed by atoms with Crippen molar-refractivity contribution in [2.24, 2.45) is 40.1 Å². The number of aliphatic hydroxyl groups is 4. The Labute approximate surface area is 858 Å².